The van der Waals surface area contributed by atoms with E-state index < -0.39 is 21.5 Å². The first-order valence-electron chi connectivity index (χ1n) is 9.73. The van der Waals surface area contributed by atoms with Crippen molar-refractivity contribution in [3.8, 4) is 0 Å². The SMILES string of the molecule is CN1CCC/C1=N\S(=O)(=O)c1cccc(NC(=O)Cn2c(=O)cnc3ccccc32)c1. The number of amidine groups is 1. The number of nitrogens with zero attached hydrogens (tertiary/aromatic N) is 4. The van der Waals surface area contributed by atoms with E-state index in [0.717, 1.165) is 13.0 Å². The van der Waals surface area contributed by atoms with Crippen LogP contribution in [0, 0.1) is 0 Å². The Labute approximate surface area is 179 Å². The fourth-order valence-corrected chi connectivity index (χ4v) is 4.60. The lowest BCUT2D eigenvalue weighted by molar-refractivity contribution is -0.116. The second kappa shape index (κ2) is 8.31. The van der Waals surface area contributed by atoms with Crippen molar-refractivity contribution >= 4 is 38.5 Å². The maximum Gasteiger partial charge on any atom is 0.284 e. The number of sulfonamides is 1. The predicted octanol–water partition coefficient (Wildman–Crippen LogP) is 1.85. The molecule has 0 spiro atoms. The minimum Gasteiger partial charge on any atom is -0.362 e. The molecule has 2 heterocycles. The highest BCUT2D eigenvalue weighted by molar-refractivity contribution is 7.90. The zero-order chi connectivity index (χ0) is 22.0. The number of hydrogen-bond acceptors (Lipinski definition) is 5. The van der Waals surface area contributed by atoms with Crippen LogP contribution in [0.2, 0.25) is 0 Å². The van der Waals surface area contributed by atoms with Crippen molar-refractivity contribution in [2.45, 2.75) is 24.3 Å². The number of rotatable bonds is 5. The molecule has 1 fully saturated rings. The Kier molecular flexibility index (Phi) is 5.55. The molecule has 0 aliphatic carbocycles. The van der Waals surface area contributed by atoms with Crippen LogP contribution in [0.5, 0.6) is 0 Å². The lowest BCUT2D eigenvalue weighted by Gasteiger charge is -2.12. The summed E-state index contributed by atoms with van der Waals surface area (Å²) in [5, 5.41) is 2.65. The monoisotopic (exact) mass is 439 g/mol. The van der Waals surface area contributed by atoms with Crippen LogP contribution in [0.15, 0.2) is 68.8 Å². The van der Waals surface area contributed by atoms with Crippen LogP contribution < -0.4 is 10.9 Å². The minimum atomic E-state index is -3.90. The third-order valence-corrected chi connectivity index (χ3v) is 6.33. The molecular formula is C21H21N5O4S. The summed E-state index contributed by atoms with van der Waals surface area (Å²) in [5.41, 5.74) is 1.04. The van der Waals surface area contributed by atoms with Crippen LogP contribution in [-0.4, -0.2) is 48.2 Å². The van der Waals surface area contributed by atoms with Crippen LogP contribution in [0.4, 0.5) is 5.69 Å². The molecule has 3 aromatic rings. The summed E-state index contributed by atoms with van der Waals surface area (Å²) in [7, 11) is -2.09. The Hall–Kier alpha value is -3.53. The Balaban J connectivity index is 1.55. The molecule has 1 N–H and O–H groups in total. The van der Waals surface area contributed by atoms with E-state index in [-0.39, 0.29) is 11.4 Å². The van der Waals surface area contributed by atoms with Gasteiger partial charge in [0, 0.05) is 25.7 Å². The molecule has 1 amide bonds. The Morgan fingerprint density at radius 1 is 1.19 bits per heavy atom. The largest absolute Gasteiger partial charge is 0.362 e. The molecule has 1 saturated heterocycles. The summed E-state index contributed by atoms with van der Waals surface area (Å²) in [5.74, 6) is 0.0632. The molecule has 4 rings (SSSR count). The summed E-state index contributed by atoms with van der Waals surface area (Å²) in [6, 6.07) is 12.9. The van der Waals surface area contributed by atoms with Gasteiger partial charge in [-0.15, -0.1) is 4.40 Å². The fraction of sp³-hybridized carbons (Fsp3) is 0.238. The molecule has 160 valence electrons. The van der Waals surface area contributed by atoms with Gasteiger partial charge in [-0.05, 0) is 36.8 Å². The summed E-state index contributed by atoms with van der Waals surface area (Å²) in [6.07, 6.45) is 2.65. The van der Waals surface area contributed by atoms with E-state index in [4.69, 9.17) is 0 Å². The summed E-state index contributed by atoms with van der Waals surface area (Å²) >= 11 is 0. The van der Waals surface area contributed by atoms with Crippen molar-refractivity contribution in [2.75, 3.05) is 18.9 Å². The molecule has 0 atom stereocenters. The van der Waals surface area contributed by atoms with E-state index in [1.807, 2.05) is 11.9 Å². The minimum absolute atomic E-state index is 0.00960. The molecule has 9 nitrogen and oxygen atoms in total. The maximum absolute atomic E-state index is 12.7. The van der Waals surface area contributed by atoms with Gasteiger partial charge in [0.05, 0.1) is 22.1 Å². The number of nitrogens with one attached hydrogen (secondary N) is 1. The van der Waals surface area contributed by atoms with Crippen molar-refractivity contribution in [3.05, 3.63) is 65.1 Å². The van der Waals surface area contributed by atoms with Crippen LogP contribution >= 0.6 is 0 Å². The van der Waals surface area contributed by atoms with Gasteiger partial charge < -0.3 is 10.2 Å². The van der Waals surface area contributed by atoms with E-state index in [2.05, 4.69) is 14.7 Å². The number of benzene rings is 2. The number of carbonyl (C=O) groups is 1. The predicted molar refractivity (Wildman–Crippen MR) is 118 cm³/mol. The quantitative estimate of drug-likeness (QED) is 0.649. The highest BCUT2D eigenvalue weighted by atomic mass is 32.2. The highest BCUT2D eigenvalue weighted by Gasteiger charge is 2.20. The van der Waals surface area contributed by atoms with E-state index in [9.17, 15) is 18.0 Å². The molecule has 2 aromatic carbocycles. The van der Waals surface area contributed by atoms with Crippen LogP contribution in [0.25, 0.3) is 11.0 Å². The molecule has 0 saturated carbocycles. The lowest BCUT2D eigenvalue weighted by Crippen LogP contribution is -2.28. The molecule has 0 unspecified atom stereocenters. The molecule has 10 heteroatoms. The molecule has 1 aliphatic heterocycles. The Morgan fingerprint density at radius 2 is 2.00 bits per heavy atom. The van der Waals surface area contributed by atoms with Crippen molar-refractivity contribution in [3.63, 3.8) is 0 Å². The third kappa shape index (κ3) is 4.48. The summed E-state index contributed by atoms with van der Waals surface area (Å²) in [4.78, 5) is 30.7. The number of likely N-dealkylation sites (tertiary alicyclic amines) is 1. The molecule has 0 radical (unpaired) electrons. The Bertz CT molecular complexity index is 1350. The number of hydrogen-bond donors (Lipinski definition) is 1. The van der Waals surface area contributed by atoms with Crippen molar-refractivity contribution < 1.29 is 13.2 Å². The van der Waals surface area contributed by atoms with Gasteiger partial charge in [0.1, 0.15) is 12.4 Å². The topological polar surface area (TPSA) is 114 Å². The highest BCUT2D eigenvalue weighted by Crippen LogP contribution is 2.20. The average molecular weight is 439 g/mol. The van der Waals surface area contributed by atoms with Gasteiger partial charge >= 0.3 is 0 Å². The molecule has 1 aromatic heterocycles. The van der Waals surface area contributed by atoms with E-state index in [1.54, 1.807) is 30.3 Å². The first kappa shape index (κ1) is 20.7. The van der Waals surface area contributed by atoms with Gasteiger partial charge in [-0.1, -0.05) is 18.2 Å². The smallest absolute Gasteiger partial charge is 0.284 e. The van der Waals surface area contributed by atoms with Crippen LogP contribution in [-0.2, 0) is 21.4 Å². The lowest BCUT2D eigenvalue weighted by atomic mass is 10.3. The maximum atomic E-state index is 12.7. The fourth-order valence-electron chi connectivity index (χ4n) is 3.46. The molecule has 1 aliphatic rings. The zero-order valence-electron chi connectivity index (χ0n) is 16.9. The Morgan fingerprint density at radius 3 is 2.77 bits per heavy atom. The zero-order valence-corrected chi connectivity index (χ0v) is 17.7. The average Bonchev–Trinajstić information content (AvgIpc) is 3.14. The standard InChI is InChI=1S/C21H21N5O4S/c1-25-11-5-10-19(25)24-31(29,30)16-7-4-6-15(12-16)23-20(27)14-26-18-9-3-2-8-17(18)22-13-21(26)28/h2-4,6-9,12-13H,5,10-11,14H2,1H3,(H,23,27)/b24-19+. The summed E-state index contributed by atoms with van der Waals surface area (Å²) < 4.78 is 30.6. The number of para-hydroxylation sites is 2. The number of carbonyl (C=O) groups excluding carboxylic acids is 1. The number of aromatic nitrogens is 2. The van der Waals surface area contributed by atoms with Crippen molar-refractivity contribution in [1.29, 1.82) is 0 Å². The second-order valence-electron chi connectivity index (χ2n) is 7.25. The van der Waals surface area contributed by atoms with Gasteiger partial charge in [0.2, 0.25) is 5.91 Å². The van der Waals surface area contributed by atoms with E-state index in [0.29, 0.717) is 29.0 Å². The third-order valence-electron chi connectivity index (χ3n) is 5.03. The first-order valence-corrected chi connectivity index (χ1v) is 11.2. The van der Waals surface area contributed by atoms with Gasteiger partial charge in [-0.3, -0.25) is 14.2 Å². The van der Waals surface area contributed by atoms with Gasteiger partial charge in [-0.2, -0.15) is 8.42 Å². The van der Waals surface area contributed by atoms with Crippen LogP contribution in [0.1, 0.15) is 12.8 Å². The first-order chi connectivity index (χ1) is 14.8. The number of amides is 1. The van der Waals surface area contributed by atoms with Gasteiger partial charge in [0.15, 0.2) is 0 Å². The van der Waals surface area contributed by atoms with Crippen molar-refractivity contribution in [1.82, 2.24) is 14.5 Å². The van der Waals surface area contributed by atoms with Gasteiger partial charge in [-0.25, -0.2) is 4.98 Å². The molecule has 31 heavy (non-hydrogen) atoms. The van der Waals surface area contributed by atoms with E-state index in [1.165, 1.54) is 29.0 Å². The normalized spacial score (nSPS) is 15.5. The van der Waals surface area contributed by atoms with Crippen molar-refractivity contribution in [2.24, 2.45) is 4.40 Å². The van der Waals surface area contributed by atoms with Gasteiger partial charge in [0.25, 0.3) is 15.6 Å². The molecular weight excluding hydrogens is 418 g/mol. The van der Waals surface area contributed by atoms with Crippen LogP contribution in [0.3, 0.4) is 0 Å². The molecule has 0 bridgehead atoms. The second-order valence-corrected chi connectivity index (χ2v) is 8.86. The number of fused-ring (bicyclic) bond motifs is 1. The number of anilines is 1. The summed E-state index contributed by atoms with van der Waals surface area (Å²) in [6.45, 7) is 0.541. The van der Waals surface area contributed by atoms with E-state index >= 15 is 0 Å².